The molecule has 0 aromatic heterocycles. The maximum absolute atomic E-state index is 12.8. The topological polar surface area (TPSA) is 51.2 Å². The number of likely N-dealkylation sites (tertiary alicyclic amines) is 1. The number of nitrogens with zero attached hydrogens (tertiary/aromatic N) is 2. The van der Waals surface area contributed by atoms with Gasteiger partial charge in [-0.2, -0.15) is 0 Å². The number of carbonyl (C=O) groups excluding carboxylic acids is 1. The van der Waals surface area contributed by atoms with E-state index in [1.807, 2.05) is 12.1 Å². The van der Waals surface area contributed by atoms with Crippen LogP contribution in [0, 0.1) is 5.92 Å². The van der Waals surface area contributed by atoms with E-state index in [0.717, 1.165) is 44.7 Å². The molecule has 0 radical (unpaired) electrons. The number of hydroxylamine groups is 2. The van der Waals surface area contributed by atoms with Gasteiger partial charge in [0.1, 0.15) is 5.75 Å². The zero-order valence-electron chi connectivity index (χ0n) is 14.7. The molecule has 3 saturated heterocycles. The van der Waals surface area contributed by atoms with Crippen LogP contribution in [0.2, 0.25) is 0 Å². The number of fused-ring (bicyclic) bond motifs is 1. The quantitative estimate of drug-likeness (QED) is 0.833. The summed E-state index contributed by atoms with van der Waals surface area (Å²) in [7, 11) is 1.68. The van der Waals surface area contributed by atoms with E-state index in [9.17, 15) is 4.79 Å². The molecule has 6 heteroatoms. The van der Waals surface area contributed by atoms with Crippen LogP contribution in [0.25, 0.3) is 0 Å². The number of piperidine rings is 1. The van der Waals surface area contributed by atoms with Crippen LogP contribution in [0.4, 0.5) is 0 Å². The molecule has 0 spiro atoms. The van der Waals surface area contributed by atoms with Crippen LogP contribution in [-0.2, 0) is 20.9 Å². The van der Waals surface area contributed by atoms with Crippen molar-refractivity contribution in [1.82, 2.24) is 9.96 Å². The van der Waals surface area contributed by atoms with Crippen molar-refractivity contribution < 1.29 is 19.1 Å². The summed E-state index contributed by atoms with van der Waals surface area (Å²) in [4.78, 5) is 20.7. The highest BCUT2D eigenvalue weighted by Gasteiger charge is 2.43. The monoisotopic (exact) mass is 346 g/mol. The molecule has 0 saturated carbocycles. The summed E-state index contributed by atoms with van der Waals surface area (Å²) < 4.78 is 11.2. The molecular formula is C19H26N2O4. The Labute approximate surface area is 148 Å². The Balaban J connectivity index is 1.47. The van der Waals surface area contributed by atoms with Crippen molar-refractivity contribution in [1.29, 1.82) is 0 Å². The highest BCUT2D eigenvalue weighted by molar-refractivity contribution is 5.78. The van der Waals surface area contributed by atoms with Crippen LogP contribution in [0.1, 0.15) is 24.8 Å². The zero-order chi connectivity index (χ0) is 17.2. The van der Waals surface area contributed by atoms with E-state index in [-0.39, 0.29) is 17.9 Å². The van der Waals surface area contributed by atoms with Gasteiger partial charge in [-0.05, 0) is 37.0 Å². The SMILES string of the molecule is COc1ccc(CN2C[C@H](C(=O)N3CCCO3)C[C@@H]3OCC[C@@H]32)cc1. The summed E-state index contributed by atoms with van der Waals surface area (Å²) in [5, 5.41) is 1.56. The second kappa shape index (κ2) is 7.32. The summed E-state index contributed by atoms with van der Waals surface area (Å²) in [5.74, 6) is 0.936. The Kier molecular flexibility index (Phi) is 4.92. The zero-order valence-corrected chi connectivity index (χ0v) is 14.7. The van der Waals surface area contributed by atoms with Crippen molar-refractivity contribution in [2.45, 2.75) is 38.0 Å². The average Bonchev–Trinajstić information content (AvgIpc) is 3.33. The molecular weight excluding hydrogens is 320 g/mol. The third-order valence-electron chi connectivity index (χ3n) is 5.51. The fourth-order valence-corrected chi connectivity index (χ4v) is 4.20. The molecule has 3 aliphatic rings. The molecule has 136 valence electrons. The highest BCUT2D eigenvalue weighted by Crippen LogP contribution is 2.33. The van der Waals surface area contributed by atoms with E-state index in [0.29, 0.717) is 19.2 Å². The molecule has 1 aromatic carbocycles. The van der Waals surface area contributed by atoms with E-state index in [1.165, 1.54) is 5.56 Å². The van der Waals surface area contributed by atoms with Gasteiger partial charge >= 0.3 is 0 Å². The van der Waals surface area contributed by atoms with Gasteiger partial charge in [-0.3, -0.25) is 14.5 Å². The number of ether oxygens (including phenoxy) is 2. The lowest BCUT2D eigenvalue weighted by Crippen LogP contribution is -2.52. The molecule has 0 N–H and O–H groups in total. The van der Waals surface area contributed by atoms with Gasteiger partial charge in [0.15, 0.2) is 0 Å². The van der Waals surface area contributed by atoms with Crippen molar-refractivity contribution in [2.24, 2.45) is 5.92 Å². The van der Waals surface area contributed by atoms with Crippen LogP contribution in [0.15, 0.2) is 24.3 Å². The van der Waals surface area contributed by atoms with E-state index >= 15 is 0 Å². The molecule has 3 atom stereocenters. The molecule has 4 rings (SSSR count). The number of rotatable bonds is 4. The molecule has 3 heterocycles. The minimum absolute atomic E-state index is 0.0456. The lowest BCUT2D eigenvalue weighted by atomic mass is 9.89. The smallest absolute Gasteiger partial charge is 0.250 e. The predicted octanol–water partition coefficient (Wildman–Crippen LogP) is 1.84. The number of hydrogen-bond donors (Lipinski definition) is 0. The highest BCUT2D eigenvalue weighted by atomic mass is 16.7. The van der Waals surface area contributed by atoms with Gasteiger partial charge < -0.3 is 9.47 Å². The molecule has 1 aromatic rings. The van der Waals surface area contributed by atoms with Gasteiger partial charge in [0.05, 0.1) is 32.3 Å². The first-order valence-electron chi connectivity index (χ1n) is 9.17. The molecule has 6 nitrogen and oxygen atoms in total. The molecule has 0 aliphatic carbocycles. The summed E-state index contributed by atoms with van der Waals surface area (Å²) in [6.45, 7) is 3.75. The Bertz CT molecular complexity index is 600. The van der Waals surface area contributed by atoms with Gasteiger partial charge in [0, 0.05) is 25.7 Å². The fourth-order valence-electron chi connectivity index (χ4n) is 4.20. The summed E-state index contributed by atoms with van der Waals surface area (Å²) >= 11 is 0. The van der Waals surface area contributed by atoms with Gasteiger partial charge in [-0.15, -0.1) is 0 Å². The van der Waals surface area contributed by atoms with E-state index < -0.39 is 0 Å². The maximum atomic E-state index is 12.8. The van der Waals surface area contributed by atoms with Crippen LogP contribution < -0.4 is 4.74 Å². The van der Waals surface area contributed by atoms with Gasteiger partial charge in [0.25, 0.3) is 5.91 Å². The fraction of sp³-hybridized carbons (Fsp3) is 0.632. The van der Waals surface area contributed by atoms with Crippen molar-refractivity contribution >= 4 is 5.91 Å². The Morgan fingerprint density at radius 1 is 1.28 bits per heavy atom. The molecule has 3 fully saturated rings. The Morgan fingerprint density at radius 3 is 2.84 bits per heavy atom. The van der Waals surface area contributed by atoms with Crippen molar-refractivity contribution in [3.05, 3.63) is 29.8 Å². The van der Waals surface area contributed by atoms with Gasteiger partial charge in [-0.1, -0.05) is 12.1 Å². The molecule has 3 aliphatic heterocycles. The minimum Gasteiger partial charge on any atom is -0.497 e. The number of benzene rings is 1. The number of amides is 1. The van der Waals surface area contributed by atoms with Gasteiger partial charge in [-0.25, -0.2) is 5.06 Å². The van der Waals surface area contributed by atoms with Crippen LogP contribution in [0.5, 0.6) is 5.75 Å². The number of carbonyl (C=O) groups is 1. The first kappa shape index (κ1) is 16.8. The van der Waals surface area contributed by atoms with Crippen molar-refractivity contribution in [2.75, 3.05) is 33.4 Å². The lowest BCUT2D eigenvalue weighted by molar-refractivity contribution is -0.177. The van der Waals surface area contributed by atoms with Crippen LogP contribution >= 0.6 is 0 Å². The maximum Gasteiger partial charge on any atom is 0.250 e. The van der Waals surface area contributed by atoms with E-state index in [4.69, 9.17) is 14.3 Å². The third kappa shape index (κ3) is 3.52. The van der Waals surface area contributed by atoms with Crippen molar-refractivity contribution in [3.63, 3.8) is 0 Å². The second-order valence-corrected chi connectivity index (χ2v) is 7.10. The third-order valence-corrected chi connectivity index (χ3v) is 5.51. The molecule has 0 bridgehead atoms. The second-order valence-electron chi connectivity index (χ2n) is 7.10. The molecule has 0 unspecified atom stereocenters. The summed E-state index contributed by atoms with van der Waals surface area (Å²) in [6, 6.07) is 8.58. The van der Waals surface area contributed by atoms with E-state index in [2.05, 4.69) is 17.0 Å². The number of methoxy groups -OCH3 is 1. The predicted molar refractivity (Wildman–Crippen MR) is 91.9 cm³/mol. The molecule has 1 amide bonds. The Morgan fingerprint density at radius 2 is 2.12 bits per heavy atom. The number of hydrogen-bond acceptors (Lipinski definition) is 5. The largest absolute Gasteiger partial charge is 0.497 e. The molecule has 25 heavy (non-hydrogen) atoms. The summed E-state index contributed by atoms with van der Waals surface area (Å²) in [6.07, 6.45) is 2.93. The van der Waals surface area contributed by atoms with E-state index in [1.54, 1.807) is 12.2 Å². The van der Waals surface area contributed by atoms with Gasteiger partial charge in [0.2, 0.25) is 0 Å². The first-order chi connectivity index (χ1) is 12.2. The normalized spacial score (nSPS) is 29.6. The summed E-state index contributed by atoms with van der Waals surface area (Å²) in [5.41, 5.74) is 1.23. The average molecular weight is 346 g/mol. The van der Waals surface area contributed by atoms with Crippen LogP contribution in [0.3, 0.4) is 0 Å². The standard InChI is InChI=1S/C19H26N2O4/c1-23-16-5-3-14(4-6-16)12-20-13-15(11-18-17(20)7-10-24-18)19(22)21-8-2-9-25-21/h3-6,15,17-18H,2,7-13H2,1H3/t15-,17+,18+/m1/s1. The minimum atomic E-state index is -0.0456. The lowest BCUT2D eigenvalue weighted by Gasteiger charge is -2.41. The van der Waals surface area contributed by atoms with Crippen LogP contribution in [-0.4, -0.2) is 61.4 Å². The van der Waals surface area contributed by atoms with Crippen molar-refractivity contribution in [3.8, 4) is 5.75 Å². The Hall–Kier alpha value is -1.63. The first-order valence-corrected chi connectivity index (χ1v) is 9.17.